The third kappa shape index (κ3) is 2.70. The molecular weight excluding hydrogens is 255 g/mol. The summed E-state index contributed by atoms with van der Waals surface area (Å²) >= 11 is 0. The van der Waals surface area contributed by atoms with E-state index in [0.29, 0.717) is 11.3 Å². The highest BCUT2D eigenvalue weighted by Crippen LogP contribution is 2.25. The number of fused-ring (bicyclic) bond motifs is 1. The molecule has 2 N–H and O–H groups in total. The molecule has 1 unspecified atom stereocenters. The van der Waals surface area contributed by atoms with Gasteiger partial charge in [-0.1, -0.05) is 6.07 Å². The van der Waals surface area contributed by atoms with Crippen molar-refractivity contribution in [3.63, 3.8) is 0 Å². The van der Waals surface area contributed by atoms with Gasteiger partial charge in [0.1, 0.15) is 17.2 Å². The molecule has 1 atom stereocenters. The summed E-state index contributed by atoms with van der Waals surface area (Å²) in [6, 6.07) is 10.0. The minimum atomic E-state index is -0.270. The fourth-order valence-electron chi connectivity index (χ4n) is 2.23. The largest absolute Gasteiger partial charge is 0.459 e. The highest BCUT2D eigenvalue weighted by Gasteiger charge is 2.12. The highest BCUT2D eigenvalue weighted by molar-refractivity contribution is 5.78. The molecule has 0 amide bonds. The smallest absolute Gasteiger partial charge is 0.134 e. The van der Waals surface area contributed by atoms with E-state index in [2.05, 4.69) is 4.98 Å². The van der Waals surface area contributed by atoms with Crippen molar-refractivity contribution in [2.24, 2.45) is 5.73 Å². The lowest BCUT2D eigenvalue weighted by atomic mass is 10.1. The van der Waals surface area contributed by atoms with Crippen LogP contribution in [0.15, 0.2) is 53.2 Å². The van der Waals surface area contributed by atoms with E-state index in [9.17, 15) is 4.39 Å². The molecule has 2 aromatic heterocycles. The Balaban J connectivity index is 1.73. The van der Waals surface area contributed by atoms with Crippen molar-refractivity contribution in [1.29, 1.82) is 0 Å². The summed E-state index contributed by atoms with van der Waals surface area (Å²) in [5, 5.41) is 0.747. The van der Waals surface area contributed by atoms with Crippen molar-refractivity contribution in [2.75, 3.05) is 0 Å². The van der Waals surface area contributed by atoms with Crippen molar-refractivity contribution >= 4 is 11.0 Å². The first-order valence-electron chi connectivity index (χ1n) is 6.56. The van der Waals surface area contributed by atoms with Gasteiger partial charge in [0, 0.05) is 17.8 Å². The number of furan rings is 1. The number of halogens is 1. The van der Waals surface area contributed by atoms with Crippen LogP contribution in [-0.4, -0.2) is 4.98 Å². The van der Waals surface area contributed by atoms with Crippen LogP contribution in [0.25, 0.3) is 11.0 Å². The third-order valence-corrected chi connectivity index (χ3v) is 3.33. The van der Waals surface area contributed by atoms with E-state index in [1.54, 1.807) is 12.3 Å². The van der Waals surface area contributed by atoms with Crippen molar-refractivity contribution < 1.29 is 8.81 Å². The van der Waals surface area contributed by atoms with Gasteiger partial charge in [0.25, 0.3) is 0 Å². The molecule has 3 nitrogen and oxygen atoms in total. The lowest BCUT2D eigenvalue weighted by Gasteiger charge is -2.07. The fourth-order valence-corrected chi connectivity index (χ4v) is 2.23. The number of rotatable bonds is 4. The second-order valence-electron chi connectivity index (χ2n) is 4.84. The maximum Gasteiger partial charge on any atom is 0.134 e. The van der Waals surface area contributed by atoms with Crippen LogP contribution in [0.4, 0.5) is 4.39 Å². The van der Waals surface area contributed by atoms with E-state index in [1.807, 2.05) is 24.4 Å². The van der Waals surface area contributed by atoms with Crippen LogP contribution < -0.4 is 5.73 Å². The molecule has 0 saturated heterocycles. The highest BCUT2D eigenvalue weighted by atomic mass is 19.1. The van der Waals surface area contributed by atoms with E-state index in [0.717, 1.165) is 23.8 Å². The fraction of sp³-hybridized carbons (Fsp3) is 0.188. The van der Waals surface area contributed by atoms with Crippen LogP contribution >= 0.6 is 0 Å². The van der Waals surface area contributed by atoms with Crippen LogP contribution in [-0.2, 0) is 6.42 Å². The van der Waals surface area contributed by atoms with Crippen LogP contribution in [0.1, 0.15) is 23.8 Å². The van der Waals surface area contributed by atoms with E-state index in [-0.39, 0.29) is 11.9 Å². The summed E-state index contributed by atoms with van der Waals surface area (Å²) in [5.74, 6) is 0.420. The van der Waals surface area contributed by atoms with Crippen molar-refractivity contribution in [1.82, 2.24) is 4.98 Å². The number of hydrogen-bond donors (Lipinski definition) is 1. The first kappa shape index (κ1) is 12.8. The summed E-state index contributed by atoms with van der Waals surface area (Å²) in [6.45, 7) is 0. The maximum atomic E-state index is 13.1. The number of nitrogens with two attached hydrogens (primary N) is 1. The summed E-state index contributed by atoms with van der Waals surface area (Å²) in [4.78, 5) is 4.07. The summed E-state index contributed by atoms with van der Waals surface area (Å²) in [6.07, 6.45) is 5.17. The van der Waals surface area contributed by atoms with Crippen LogP contribution in [0.5, 0.6) is 0 Å². The number of hydrogen-bond acceptors (Lipinski definition) is 3. The zero-order valence-electron chi connectivity index (χ0n) is 10.9. The summed E-state index contributed by atoms with van der Waals surface area (Å²) < 4.78 is 18.8. The minimum Gasteiger partial charge on any atom is -0.459 e. The van der Waals surface area contributed by atoms with E-state index >= 15 is 0 Å². The topological polar surface area (TPSA) is 52.0 Å². The average Bonchev–Trinajstić information content (AvgIpc) is 2.89. The molecule has 0 aliphatic carbocycles. The van der Waals surface area contributed by atoms with Gasteiger partial charge in [0.15, 0.2) is 0 Å². The third-order valence-electron chi connectivity index (χ3n) is 3.33. The predicted molar refractivity (Wildman–Crippen MR) is 75.7 cm³/mol. The molecule has 102 valence electrons. The summed E-state index contributed by atoms with van der Waals surface area (Å²) in [5.41, 5.74) is 7.95. The number of nitrogens with zero attached hydrogens (tertiary/aromatic N) is 1. The van der Waals surface area contributed by atoms with Gasteiger partial charge in [-0.15, -0.1) is 0 Å². The first-order chi connectivity index (χ1) is 9.72. The van der Waals surface area contributed by atoms with Crippen molar-refractivity contribution in [2.45, 2.75) is 18.9 Å². The van der Waals surface area contributed by atoms with Crippen LogP contribution in [0, 0.1) is 5.82 Å². The molecule has 0 aliphatic rings. The molecule has 1 aromatic carbocycles. The molecule has 0 aliphatic heterocycles. The Bertz CT molecular complexity index is 709. The zero-order chi connectivity index (χ0) is 13.9. The average molecular weight is 270 g/mol. The van der Waals surface area contributed by atoms with E-state index in [4.69, 9.17) is 10.2 Å². The molecule has 3 aromatic rings. The van der Waals surface area contributed by atoms with Crippen LogP contribution in [0.2, 0.25) is 0 Å². The zero-order valence-corrected chi connectivity index (χ0v) is 10.9. The molecule has 0 spiro atoms. The predicted octanol–water partition coefficient (Wildman–Crippen LogP) is 3.60. The summed E-state index contributed by atoms with van der Waals surface area (Å²) in [7, 11) is 0. The molecule has 0 fully saturated rings. The van der Waals surface area contributed by atoms with Gasteiger partial charge in [-0.2, -0.15) is 0 Å². The van der Waals surface area contributed by atoms with Crippen molar-refractivity contribution in [3.8, 4) is 0 Å². The Hall–Kier alpha value is -2.20. The van der Waals surface area contributed by atoms with Gasteiger partial charge >= 0.3 is 0 Å². The van der Waals surface area contributed by atoms with Crippen molar-refractivity contribution in [3.05, 3.63) is 65.9 Å². The normalized spacial score (nSPS) is 12.7. The molecule has 4 heteroatoms. The lowest BCUT2D eigenvalue weighted by Crippen LogP contribution is -2.10. The van der Waals surface area contributed by atoms with Gasteiger partial charge in [0.05, 0.1) is 6.04 Å². The Morgan fingerprint density at radius 3 is 2.95 bits per heavy atom. The van der Waals surface area contributed by atoms with Gasteiger partial charge in [-0.3, -0.25) is 4.98 Å². The number of benzene rings is 1. The van der Waals surface area contributed by atoms with Gasteiger partial charge in [0.2, 0.25) is 0 Å². The maximum absolute atomic E-state index is 13.1. The minimum absolute atomic E-state index is 0.203. The number of aryl methyl sites for hydroxylation is 1. The second-order valence-corrected chi connectivity index (χ2v) is 4.84. The molecular formula is C16H15FN2O. The van der Waals surface area contributed by atoms with Gasteiger partial charge in [-0.25, -0.2) is 4.39 Å². The monoisotopic (exact) mass is 270 g/mol. The van der Waals surface area contributed by atoms with E-state index < -0.39 is 0 Å². The standard InChI is InChI=1S/C16H15FN2O/c17-13-4-6-15-12(8-13)9-16(20-15)14(18)5-3-11-2-1-7-19-10-11/h1-2,4,6-10,14H,3,5,18H2. The Labute approximate surface area is 116 Å². The first-order valence-corrected chi connectivity index (χ1v) is 6.56. The molecule has 0 bridgehead atoms. The quantitative estimate of drug-likeness (QED) is 0.788. The van der Waals surface area contributed by atoms with Crippen LogP contribution in [0.3, 0.4) is 0 Å². The molecule has 2 heterocycles. The molecule has 0 saturated carbocycles. The number of pyridine rings is 1. The Morgan fingerprint density at radius 1 is 1.25 bits per heavy atom. The number of aromatic nitrogens is 1. The Kier molecular flexibility index (Phi) is 3.48. The lowest BCUT2D eigenvalue weighted by molar-refractivity contribution is 0.478. The molecule has 3 rings (SSSR count). The van der Waals surface area contributed by atoms with Gasteiger partial charge < -0.3 is 10.2 Å². The van der Waals surface area contributed by atoms with E-state index in [1.165, 1.54) is 12.1 Å². The SMILES string of the molecule is NC(CCc1cccnc1)c1cc2cc(F)ccc2o1. The van der Waals surface area contributed by atoms with Gasteiger partial charge in [-0.05, 0) is 48.7 Å². The second kappa shape index (κ2) is 5.43. The Morgan fingerprint density at radius 2 is 2.15 bits per heavy atom. The molecule has 20 heavy (non-hydrogen) atoms. The molecule has 0 radical (unpaired) electrons.